The zero-order valence-corrected chi connectivity index (χ0v) is 15.9. The number of amides is 2. The van der Waals surface area contributed by atoms with E-state index < -0.39 is 0 Å². The number of nitrogens with zero attached hydrogens (tertiary/aromatic N) is 2. The highest BCUT2D eigenvalue weighted by Gasteiger charge is 2.29. The Morgan fingerprint density at radius 3 is 2.81 bits per heavy atom. The van der Waals surface area contributed by atoms with Crippen molar-refractivity contribution in [2.24, 2.45) is 5.92 Å². The SMILES string of the molecule is CC(=O)c1c[nH]c(C(=O)N2CCC[C@H](C(=O)Nc3ccc(Br)cn3)C2)c1. The van der Waals surface area contributed by atoms with E-state index in [1.165, 1.54) is 13.1 Å². The second-order valence-corrected chi connectivity index (χ2v) is 7.22. The van der Waals surface area contributed by atoms with Gasteiger partial charge in [-0.15, -0.1) is 0 Å². The van der Waals surface area contributed by atoms with Crippen LogP contribution >= 0.6 is 15.9 Å². The van der Waals surface area contributed by atoms with Crippen LogP contribution in [0.15, 0.2) is 35.1 Å². The fraction of sp³-hybridized carbons (Fsp3) is 0.333. The summed E-state index contributed by atoms with van der Waals surface area (Å²) in [6.45, 7) is 2.39. The summed E-state index contributed by atoms with van der Waals surface area (Å²) in [6, 6.07) is 5.08. The molecule has 0 unspecified atom stereocenters. The second-order valence-electron chi connectivity index (χ2n) is 6.30. The van der Waals surface area contributed by atoms with Crippen molar-refractivity contribution >= 4 is 39.3 Å². The average molecular weight is 419 g/mol. The molecule has 0 aromatic carbocycles. The third-order valence-corrected chi connectivity index (χ3v) is 4.85. The summed E-state index contributed by atoms with van der Waals surface area (Å²) in [7, 11) is 0. The zero-order valence-electron chi connectivity index (χ0n) is 14.3. The van der Waals surface area contributed by atoms with Crippen molar-refractivity contribution in [3.8, 4) is 0 Å². The first kappa shape index (κ1) is 18.3. The van der Waals surface area contributed by atoms with Gasteiger partial charge < -0.3 is 15.2 Å². The maximum Gasteiger partial charge on any atom is 0.270 e. The lowest BCUT2D eigenvalue weighted by molar-refractivity contribution is -0.121. The molecule has 7 nitrogen and oxygen atoms in total. The number of H-pyrrole nitrogens is 1. The van der Waals surface area contributed by atoms with Gasteiger partial charge in [-0.1, -0.05) is 0 Å². The van der Waals surface area contributed by atoms with Crippen molar-refractivity contribution in [3.05, 3.63) is 46.3 Å². The Morgan fingerprint density at radius 2 is 2.15 bits per heavy atom. The van der Waals surface area contributed by atoms with Gasteiger partial charge in [0.15, 0.2) is 5.78 Å². The minimum absolute atomic E-state index is 0.0989. The molecule has 2 aromatic heterocycles. The van der Waals surface area contributed by atoms with E-state index in [4.69, 9.17) is 0 Å². The number of likely N-dealkylation sites (tertiary alicyclic amines) is 1. The predicted molar refractivity (Wildman–Crippen MR) is 100.0 cm³/mol. The van der Waals surface area contributed by atoms with Crippen LogP contribution in [0.4, 0.5) is 5.82 Å². The molecule has 2 N–H and O–H groups in total. The molecule has 1 fully saturated rings. The van der Waals surface area contributed by atoms with Gasteiger partial charge in [0.05, 0.1) is 5.92 Å². The molecule has 0 saturated carbocycles. The summed E-state index contributed by atoms with van der Waals surface area (Å²) >= 11 is 3.30. The first-order valence-corrected chi connectivity index (χ1v) is 9.14. The maximum absolute atomic E-state index is 12.6. The number of carbonyl (C=O) groups excluding carboxylic acids is 3. The van der Waals surface area contributed by atoms with Crippen LogP contribution in [0.5, 0.6) is 0 Å². The Hall–Kier alpha value is -2.48. The number of aromatic amines is 1. The lowest BCUT2D eigenvalue weighted by atomic mass is 9.97. The monoisotopic (exact) mass is 418 g/mol. The molecule has 1 aliphatic rings. The first-order valence-electron chi connectivity index (χ1n) is 8.35. The quantitative estimate of drug-likeness (QED) is 0.746. The first-order chi connectivity index (χ1) is 12.4. The number of hydrogen-bond donors (Lipinski definition) is 2. The molecule has 0 radical (unpaired) electrons. The van der Waals surface area contributed by atoms with Gasteiger partial charge in [0.2, 0.25) is 5.91 Å². The van der Waals surface area contributed by atoms with Gasteiger partial charge in [-0.25, -0.2) is 4.98 Å². The van der Waals surface area contributed by atoms with Crippen molar-refractivity contribution in [1.29, 1.82) is 0 Å². The van der Waals surface area contributed by atoms with Crippen LogP contribution in [-0.4, -0.2) is 45.6 Å². The van der Waals surface area contributed by atoms with E-state index in [0.29, 0.717) is 30.2 Å². The molecule has 0 bridgehead atoms. The molecule has 136 valence electrons. The number of pyridine rings is 1. The number of ketones is 1. The predicted octanol–water partition coefficient (Wildman–Crippen LogP) is 2.87. The number of hydrogen-bond acceptors (Lipinski definition) is 4. The normalized spacial score (nSPS) is 17.0. The number of Topliss-reactive ketones (excluding diaryl/α,β-unsaturated/α-hetero) is 1. The van der Waals surface area contributed by atoms with Crippen LogP contribution < -0.4 is 5.32 Å². The smallest absolute Gasteiger partial charge is 0.270 e. The Balaban J connectivity index is 1.64. The fourth-order valence-corrected chi connectivity index (χ4v) is 3.18. The van der Waals surface area contributed by atoms with Crippen LogP contribution in [-0.2, 0) is 4.79 Å². The zero-order chi connectivity index (χ0) is 18.7. The molecular formula is C18H19BrN4O3. The lowest BCUT2D eigenvalue weighted by Crippen LogP contribution is -2.44. The molecule has 1 atom stereocenters. The van der Waals surface area contributed by atoms with Gasteiger partial charge in [0.25, 0.3) is 5.91 Å². The molecule has 8 heteroatoms. The van der Waals surface area contributed by atoms with Gasteiger partial charge in [-0.3, -0.25) is 14.4 Å². The van der Waals surface area contributed by atoms with Crippen molar-refractivity contribution in [2.75, 3.05) is 18.4 Å². The number of anilines is 1. The molecule has 3 rings (SSSR count). The fourth-order valence-electron chi connectivity index (χ4n) is 2.95. The van der Waals surface area contributed by atoms with Crippen molar-refractivity contribution in [1.82, 2.24) is 14.9 Å². The summed E-state index contributed by atoms with van der Waals surface area (Å²) < 4.78 is 0.834. The number of piperidine rings is 1. The standard InChI is InChI=1S/C18H19BrN4O3/c1-11(24)13-7-15(20-8-13)18(26)23-6-2-3-12(10-23)17(25)22-16-5-4-14(19)9-21-16/h4-5,7-9,12,20H,2-3,6,10H2,1H3,(H,21,22,25)/t12-/m0/s1. The van der Waals surface area contributed by atoms with Gasteiger partial charge in [0.1, 0.15) is 11.5 Å². The minimum atomic E-state index is -0.291. The second kappa shape index (κ2) is 7.82. The molecule has 26 heavy (non-hydrogen) atoms. The molecule has 0 spiro atoms. The molecular weight excluding hydrogens is 400 g/mol. The number of carbonyl (C=O) groups is 3. The molecule has 2 aromatic rings. The van der Waals surface area contributed by atoms with Crippen LogP contribution in [0.1, 0.15) is 40.6 Å². The maximum atomic E-state index is 12.6. The van der Waals surface area contributed by atoms with Gasteiger partial charge in [-0.05, 0) is 53.9 Å². The van der Waals surface area contributed by atoms with Crippen molar-refractivity contribution in [3.63, 3.8) is 0 Å². The van der Waals surface area contributed by atoms with Gasteiger partial charge in [0, 0.05) is 35.5 Å². The van der Waals surface area contributed by atoms with Crippen molar-refractivity contribution in [2.45, 2.75) is 19.8 Å². The Morgan fingerprint density at radius 1 is 1.35 bits per heavy atom. The molecule has 1 saturated heterocycles. The van der Waals surface area contributed by atoms with Gasteiger partial charge in [-0.2, -0.15) is 0 Å². The van der Waals surface area contributed by atoms with Gasteiger partial charge >= 0.3 is 0 Å². The Labute approximate surface area is 159 Å². The van der Waals surface area contributed by atoms with Crippen LogP contribution in [0.2, 0.25) is 0 Å². The van der Waals surface area contributed by atoms with E-state index in [-0.39, 0.29) is 23.5 Å². The highest BCUT2D eigenvalue weighted by atomic mass is 79.9. The third-order valence-electron chi connectivity index (χ3n) is 4.38. The van der Waals surface area contributed by atoms with Crippen LogP contribution in [0.3, 0.4) is 0 Å². The molecule has 1 aliphatic heterocycles. The molecule has 2 amide bonds. The highest BCUT2D eigenvalue weighted by molar-refractivity contribution is 9.10. The lowest BCUT2D eigenvalue weighted by Gasteiger charge is -2.31. The third kappa shape index (κ3) is 4.19. The average Bonchev–Trinajstić information content (AvgIpc) is 3.13. The summed E-state index contributed by atoms with van der Waals surface area (Å²) in [6.07, 6.45) is 4.61. The van der Waals surface area contributed by atoms with E-state index in [1.807, 2.05) is 0 Å². The summed E-state index contributed by atoms with van der Waals surface area (Å²) in [4.78, 5) is 45.2. The van der Waals surface area contributed by atoms with E-state index in [1.54, 1.807) is 29.3 Å². The van der Waals surface area contributed by atoms with E-state index in [0.717, 1.165) is 17.3 Å². The highest BCUT2D eigenvalue weighted by Crippen LogP contribution is 2.21. The van der Waals surface area contributed by atoms with Crippen LogP contribution in [0, 0.1) is 5.92 Å². The number of halogens is 1. The summed E-state index contributed by atoms with van der Waals surface area (Å²) in [5.74, 6) is -0.249. The Kier molecular flexibility index (Phi) is 5.51. The minimum Gasteiger partial charge on any atom is -0.356 e. The largest absolute Gasteiger partial charge is 0.356 e. The van der Waals surface area contributed by atoms with Crippen molar-refractivity contribution < 1.29 is 14.4 Å². The number of rotatable bonds is 4. The number of aromatic nitrogens is 2. The topological polar surface area (TPSA) is 95.2 Å². The van der Waals surface area contributed by atoms with E-state index in [9.17, 15) is 14.4 Å². The summed E-state index contributed by atoms with van der Waals surface area (Å²) in [5.41, 5.74) is 0.840. The van der Waals surface area contributed by atoms with E-state index >= 15 is 0 Å². The molecule has 0 aliphatic carbocycles. The summed E-state index contributed by atoms with van der Waals surface area (Å²) in [5, 5.41) is 2.80. The number of nitrogens with one attached hydrogen (secondary N) is 2. The molecule has 3 heterocycles. The van der Waals surface area contributed by atoms with Crippen LogP contribution in [0.25, 0.3) is 0 Å². The van der Waals surface area contributed by atoms with E-state index in [2.05, 4.69) is 31.2 Å². The Bertz CT molecular complexity index is 831.